The summed E-state index contributed by atoms with van der Waals surface area (Å²) in [5, 5.41) is 8.86. The van der Waals surface area contributed by atoms with Crippen LogP contribution in [0.5, 0.6) is 0 Å². The highest BCUT2D eigenvalue weighted by Gasteiger charge is 2.31. The lowest BCUT2D eigenvalue weighted by Crippen LogP contribution is -2.32. The number of hydrogen-bond donors (Lipinski definition) is 1. The van der Waals surface area contributed by atoms with Crippen LogP contribution in [0.3, 0.4) is 0 Å². The smallest absolute Gasteiger partial charge is 0.317 e. The molecule has 1 aliphatic rings. The van der Waals surface area contributed by atoms with Crippen LogP contribution >= 0.6 is 0 Å². The Labute approximate surface area is 102 Å². The number of nitrogens with zero attached hydrogens (tertiary/aromatic N) is 1. The van der Waals surface area contributed by atoms with Crippen molar-refractivity contribution in [3.63, 3.8) is 0 Å². The highest BCUT2D eigenvalue weighted by Crippen LogP contribution is 2.32. The molecule has 92 valence electrons. The van der Waals surface area contributed by atoms with Crippen molar-refractivity contribution >= 4 is 5.97 Å². The first-order valence-corrected chi connectivity index (χ1v) is 6.09. The maximum absolute atomic E-state index is 10.8. The van der Waals surface area contributed by atoms with Crippen LogP contribution in [0.15, 0.2) is 24.3 Å². The third-order valence-electron chi connectivity index (χ3n) is 3.67. The van der Waals surface area contributed by atoms with Gasteiger partial charge in [0.2, 0.25) is 0 Å². The molecule has 1 fully saturated rings. The summed E-state index contributed by atoms with van der Waals surface area (Å²) in [5.41, 5.74) is 2.68. The highest BCUT2D eigenvalue weighted by atomic mass is 16.4. The number of likely N-dealkylation sites (tertiary alicyclic amines) is 1. The van der Waals surface area contributed by atoms with Gasteiger partial charge in [0.1, 0.15) is 0 Å². The Morgan fingerprint density at radius 3 is 2.82 bits per heavy atom. The van der Waals surface area contributed by atoms with E-state index in [1.54, 1.807) is 0 Å². The average Bonchev–Trinajstić information content (AvgIpc) is 2.60. The average molecular weight is 233 g/mol. The van der Waals surface area contributed by atoms with E-state index in [0.29, 0.717) is 12.0 Å². The number of benzene rings is 1. The fraction of sp³-hybridized carbons (Fsp3) is 0.500. The summed E-state index contributed by atoms with van der Waals surface area (Å²) in [7, 11) is 0. The Hall–Kier alpha value is -1.35. The molecule has 1 saturated heterocycles. The van der Waals surface area contributed by atoms with Gasteiger partial charge in [0.25, 0.3) is 0 Å². The minimum Gasteiger partial charge on any atom is -0.480 e. The quantitative estimate of drug-likeness (QED) is 0.870. The molecule has 1 N–H and O–H groups in total. The molecular formula is C14H19NO2. The SMILES string of the molecule is Cc1ccccc1[C@H]1C[C@@H](C)N(CC(=O)O)C1. The first-order valence-electron chi connectivity index (χ1n) is 6.09. The zero-order valence-electron chi connectivity index (χ0n) is 10.4. The van der Waals surface area contributed by atoms with E-state index in [9.17, 15) is 4.79 Å². The van der Waals surface area contributed by atoms with E-state index in [2.05, 4.69) is 36.9 Å². The second kappa shape index (κ2) is 4.88. The van der Waals surface area contributed by atoms with Crippen molar-refractivity contribution in [3.05, 3.63) is 35.4 Å². The van der Waals surface area contributed by atoms with Gasteiger partial charge >= 0.3 is 5.97 Å². The molecular weight excluding hydrogens is 214 g/mol. The number of aryl methyl sites for hydroxylation is 1. The van der Waals surface area contributed by atoms with Crippen LogP contribution < -0.4 is 0 Å². The molecule has 1 aromatic carbocycles. The minimum absolute atomic E-state index is 0.156. The van der Waals surface area contributed by atoms with E-state index in [4.69, 9.17) is 5.11 Å². The molecule has 2 atom stereocenters. The summed E-state index contributed by atoms with van der Waals surface area (Å²) >= 11 is 0. The molecule has 0 amide bonds. The summed E-state index contributed by atoms with van der Waals surface area (Å²) < 4.78 is 0. The monoisotopic (exact) mass is 233 g/mol. The third kappa shape index (κ3) is 2.67. The fourth-order valence-electron chi connectivity index (χ4n) is 2.76. The zero-order valence-corrected chi connectivity index (χ0v) is 10.4. The van der Waals surface area contributed by atoms with Gasteiger partial charge in [-0.25, -0.2) is 0 Å². The van der Waals surface area contributed by atoms with E-state index in [1.807, 2.05) is 6.07 Å². The molecule has 0 saturated carbocycles. The van der Waals surface area contributed by atoms with Crippen LogP contribution in [0.1, 0.15) is 30.4 Å². The Morgan fingerprint density at radius 2 is 2.18 bits per heavy atom. The number of carbonyl (C=O) groups is 1. The summed E-state index contributed by atoms with van der Waals surface area (Å²) in [4.78, 5) is 12.8. The molecule has 3 nitrogen and oxygen atoms in total. The maximum Gasteiger partial charge on any atom is 0.317 e. The molecule has 1 aliphatic heterocycles. The van der Waals surface area contributed by atoms with Gasteiger partial charge in [-0.2, -0.15) is 0 Å². The second-order valence-corrected chi connectivity index (χ2v) is 4.96. The normalized spacial score (nSPS) is 25.1. The molecule has 0 aliphatic carbocycles. The summed E-state index contributed by atoms with van der Waals surface area (Å²) in [5.74, 6) is -0.257. The molecule has 0 radical (unpaired) electrons. The Morgan fingerprint density at radius 1 is 1.47 bits per heavy atom. The second-order valence-electron chi connectivity index (χ2n) is 4.96. The number of carboxylic acid groups (broad SMARTS) is 1. The summed E-state index contributed by atoms with van der Waals surface area (Å²) in [6.45, 7) is 5.25. The standard InChI is InChI=1S/C14H19NO2/c1-10-5-3-4-6-13(10)12-7-11(2)15(8-12)9-14(16)17/h3-6,11-12H,7-9H2,1-2H3,(H,16,17)/t11-,12+/m1/s1. The third-order valence-corrected chi connectivity index (χ3v) is 3.67. The highest BCUT2D eigenvalue weighted by molar-refractivity contribution is 5.69. The van der Waals surface area contributed by atoms with Crippen molar-refractivity contribution in [2.24, 2.45) is 0 Å². The van der Waals surface area contributed by atoms with Gasteiger partial charge in [-0.3, -0.25) is 9.69 Å². The summed E-state index contributed by atoms with van der Waals surface area (Å²) in [6.07, 6.45) is 1.05. The number of carboxylic acids is 1. The van der Waals surface area contributed by atoms with Crippen LogP contribution in [-0.4, -0.2) is 35.1 Å². The first-order chi connectivity index (χ1) is 8.08. The number of aliphatic carboxylic acids is 1. The van der Waals surface area contributed by atoms with E-state index in [-0.39, 0.29) is 6.54 Å². The molecule has 1 aromatic rings. The maximum atomic E-state index is 10.8. The molecule has 2 rings (SSSR count). The fourth-order valence-corrected chi connectivity index (χ4v) is 2.76. The van der Waals surface area contributed by atoms with Gasteiger partial charge in [0.05, 0.1) is 6.54 Å². The van der Waals surface area contributed by atoms with Crippen molar-refractivity contribution in [1.82, 2.24) is 4.90 Å². The van der Waals surface area contributed by atoms with Crippen molar-refractivity contribution in [1.29, 1.82) is 0 Å². The number of rotatable bonds is 3. The van der Waals surface area contributed by atoms with Gasteiger partial charge in [-0.15, -0.1) is 0 Å². The van der Waals surface area contributed by atoms with Crippen LogP contribution in [0.25, 0.3) is 0 Å². The lowest BCUT2D eigenvalue weighted by molar-refractivity contribution is -0.138. The predicted molar refractivity (Wildman–Crippen MR) is 67.2 cm³/mol. The molecule has 0 aromatic heterocycles. The van der Waals surface area contributed by atoms with E-state index >= 15 is 0 Å². The molecule has 0 unspecified atom stereocenters. The zero-order chi connectivity index (χ0) is 12.4. The molecule has 1 heterocycles. The number of hydrogen-bond acceptors (Lipinski definition) is 2. The van der Waals surface area contributed by atoms with Gasteiger partial charge in [0.15, 0.2) is 0 Å². The van der Waals surface area contributed by atoms with Crippen LogP contribution in [-0.2, 0) is 4.79 Å². The minimum atomic E-state index is -0.734. The Kier molecular flexibility index (Phi) is 3.48. The van der Waals surface area contributed by atoms with Crippen molar-refractivity contribution in [3.8, 4) is 0 Å². The van der Waals surface area contributed by atoms with E-state index < -0.39 is 5.97 Å². The van der Waals surface area contributed by atoms with Gasteiger partial charge in [-0.1, -0.05) is 24.3 Å². The predicted octanol–water partition coefficient (Wildman–Crippen LogP) is 2.26. The van der Waals surface area contributed by atoms with Crippen LogP contribution in [0, 0.1) is 6.92 Å². The van der Waals surface area contributed by atoms with Gasteiger partial charge in [-0.05, 0) is 37.3 Å². The Bertz CT molecular complexity index is 416. The Balaban J connectivity index is 2.11. The van der Waals surface area contributed by atoms with Crippen LogP contribution in [0.4, 0.5) is 0 Å². The lowest BCUT2D eigenvalue weighted by Gasteiger charge is -2.18. The molecule has 17 heavy (non-hydrogen) atoms. The first kappa shape index (κ1) is 12.1. The largest absolute Gasteiger partial charge is 0.480 e. The van der Waals surface area contributed by atoms with E-state index in [0.717, 1.165) is 13.0 Å². The van der Waals surface area contributed by atoms with Gasteiger partial charge in [0, 0.05) is 12.6 Å². The summed E-state index contributed by atoms with van der Waals surface area (Å²) in [6, 6.07) is 8.76. The van der Waals surface area contributed by atoms with Crippen molar-refractivity contribution in [2.75, 3.05) is 13.1 Å². The molecule has 0 bridgehead atoms. The van der Waals surface area contributed by atoms with Gasteiger partial charge < -0.3 is 5.11 Å². The van der Waals surface area contributed by atoms with Crippen molar-refractivity contribution in [2.45, 2.75) is 32.2 Å². The van der Waals surface area contributed by atoms with Crippen molar-refractivity contribution < 1.29 is 9.90 Å². The molecule has 0 spiro atoms. The lowest BCUT2D eigenvalue weighted by atomic mass is 9.93. The topological polar surface area (TPSA) is 40.5 Å². The van der Waals surface area contributed by atoms with E-state index in [1.165, 1.54) is 11.1 Å². The van der Waals surface area contributed by atoms with Crippen LogP contribution in [0.2, 0.25) is 0 Å². The molecule has 3 heteroatoms.